The van der Waals surface area contributed by atoms with Gasteiger partial charge in [-0.25, -0.2) is 9.59 Å². The third-order valence-corrected chi connectivity index (χ3v) is 3.96. The molecule has 2 rings (SSSR count). The highest BCUT2D eigenvalue weighted by Crippen LogP contribution is 2.25. The van der Waals surface area contributed by atoms with Crippen LogP contribution in [0.1, 0.15) is 38.8 Å². The number of nitrogens with zero attached hydrogens (tertiary/aromatic N) is 1. The zero-order chi connectivity index (χ0) is 20.0. The summed E-state index contributed by atoms with van der Waals surface area (Å²) < 4.78 is 10.2. The molecule has 1 aliphatic heterocycles. The Labute approximate surface area is 159 Å². The molecule has 2 unspecified atom stereocenters. The first-order valence-electron chi connectivity index (χ1n) is 8.80. The standard InChI is InChI=1S/C20H26N2O5/c1-20(2,3)27-19(25)21-15-12-8-9-13-22(17(15)23)16(18(24)26-4)14-10-6-5-7-11-14/h5-11,15-16H,12-13H2,1-4H3,(H,21,25). The topological polar surface area (TPSA) is 84.9 Å². The number of carbonyl (C=O) groups excluding carboxylic acids is 3. The quantitative estimate of drug-likeness (QED) is 0.647. The Kier molecular flexibility index (Phi) is 6.60. The van der Waals surface area contributed by atoms with Gasteiger partial charge in [0.15, 0.2) is 6.04 Å². The van der Waals surface area contributed by atoms with E-state index in [9.17, 15) is 14.4 Å². The van der Waals surface area contributed by atoms with E-state index in [4.69, 9.17) is 9.47 Å². The maximum absolute atomic E-state index is 13.1. The smallest absolute Gasteiger partial charge is 0.408 e. The number of amides is 2. The molecule has 0 spiro atoms. The summed E-state index contributed by atoms with van der Waals surface area (Å²) in [5, 5.41) is 2.60. The van der Waals surface area contributed by atoms with Crippen LogP contribution >= 0.6 is 0 Å². The Balaban J connectivity index is 2.26. The predicted octanol–water partition coefficient (Wildman–Crippen LogP) is 2.58. The molecule has 0 saturated carbocycles. The second-order valence-corrected chi connectivity index (χ2v) is 7.23. The third kappa shape index (κ3) is 5.57. The van der Waals surface area contributed by atoms with Crippen molar-refractivity contribution in [2.24, 2.45) is 0 Å². The van der Waals surface area contributed by atoms with E-state index in [1.165, 1.54) is 12.0 Å². The van der Waals surface area contributed by atoms with E-state index in [0.717, 1.165) is 0 Å². The number of ether oxygens (including phenoxy) is 2. The van der Waals surface area contributed by atoms with E-state index >= 15 is 0 Å². The first kappa shape index (κ1) is 20.5. The highest BCUT2D eigenvalue weighted by molar-refractivity contribution is 5.90. The molecule has 0 radical (unpaired) electrons. The second-order valence-electron chi connectivity index (χ2n) is 7.23. The van der Waals surface area contributed by atoms with Crippen molar-refractivity contribution < 1.29 is 23.9 Å². The SMILES string of the molecule is COC(=O)C(c1ccccc1)N1CC=CCC(NC(=O)OC(C)(C)C)C1=O. The largest absolute Gasteiger partial charge is 0.467 e. The van der Waals surface area contributed by atoms with Crippen LogP contribution in [0.3, 0.4) is 0 Å². The van der Waals surface area contributed by atoms with E-state index in [1.807, 2.05) is 6.07 Å². The summed E-state index contributed by atoms with van der Waals surface area (Å²) in [5.74, 6) is -0.911. The molecule has 1 aromatic carbocycles. The van der Waals surface area contributed by atoms with Gasteiger partial charge in [-0.2, -0.15) is 0 Å². The number of methoxy groups -OCH3 is 1. The van der Waals surface area contributed by atoms with Crippen molar-refractivity contribution in [2.45, 2.75) is 44.9 Å². The molecule has 1 heterocycles. The van der Waals surface area contributed by atoms with Crippen molar-refractivity contribution in [3.63, 3.8) is 0 Å². The van der Waals surface area contributed by atoms with Crippen LogP contribution in [0, 0.1) is 0 Å². The number of esters is 1. The zero-order valence-corrected chi connectivity index (χ0v) is 16.1. The van der Waals surface area contributed by atoms with Crippen LogP contribution in [0.4, 0.5) is 4.79 Å². The van der Waals surface area contributed by atoms with Gasteiger partial charge in [0.2, 0.25) is 5.91 Å². The Morgan fingerprint density at radius 3 is 2.44 bits per heavy atom. The lowest BCUT2D eigenvalue weighted by molar-refractivity contribution is -0.153. The lowest BCUT2D eigenvalue weighted by Gasteiger charge is -2.31. The lowest BCUT2D eigenvalue weighted by atomic mass is 10.0. The van der Waals surface area contributed by atoms with E-state index in [-0.39, 0.29) is 12.5 Å². The maximum Gasteiger partial charge on any atom is 0.408 e. The monoisotopic (exact) mass is 374 g/mol. The molecule has 1 N–H and O–H groups in total. The van der Waals surface area contributed by atoms with Crippen LogP contribution in [-0.2, 0) is 19.1 Å². The van der Waals surface area contributed by atoms with Crippen molar-refractivity contribution >= 4 is 18.0 Å². The highest BCUT2D eigenvalue weighted by Gasteiger charge is 2.36. The average molecular weight is 374 g/mol. The molecule has 0 aromatic heterocycles. The molecule has 0 fully saturated rings. The highest BCUT2D eigenvalue weighted by atomic mass is 16.6. The van der Waals surface area contributed by atoms with Crippen LogP contribution in [-0.4, -0.2) is 48.2 Å². The van der Waals surface area contributed by atoms with Crippen LogP contribution in [0.15, 0.2) is 42.5 Å². The Morgan fingerprint density at radius 2 is 1.85 bits per heavy atom. The Bertz CT molecular complexity index is 709. The van der Waals surface area contributed by atoms with Crippen molar-refractivity contribution in [1.29, 1.82) is 0 Å². The average Bonchev–Trinajstić information content (AvgIpc) is 2.77. The van der Waals surface area contributed by atoms with E-state index < -0.39 is 29.7 Å². The van der Waals surface area contributed by atoms with E-state index in [1.54, 1.807) is 57.2 Å². The molecule has 1 aromatic rings. The number of hydrogen-bond acceptors (Lipinski definition) is 5. The summed E-state index contributed by atoms with van der Waals surface area (Å²) >= 11 is 0. The fraction of sp³-hybridized carbons (Fsp3) is 0.450. The number of nitrogens with one attached hydrogen (secondary N) is 1. The minimum absolute atomic E-state index is 0.236. The second kappa shape index (κ2) is 8.70. The molecule has 7 nitrogen and oxygen atoms in total. The molecule has 0 aliphatic carbocycles. The first-order chi connectivity index (χ1) is 12.7. The van der Waals surface area contributed by atoms with Crippen molar-refractivity contribution in [2.75, 3.05) is 13.7 Å². The number of carbonyl (C=O) groups is 3. The molecule has 146 valence electrons. The third-order valence-electron chi connectivity index (χ3n) is 3.96. The van der Waals surface area contributed by atoms with Gasteiger partial charge in [-0.15, -0.1) is 0 Å². The normalized spacial score (nSPS) is 18.4. The predicted molar refractivity (Wildman–Crippen MR) is 99.8 cm³/mol. The Hall–Kier alpha value is -2.83. The molecule has 1 aliphatic rings. The van der Waals surface area contributed by atoms with Crippen LogP contribution in [0.25, 0.3) is 0 Å². The number of alkyl carbamates (subject to hydrolysis) is 1. The van der Waals surface area contributed by atoms with Crippen LogP contribution in [0.5, 0.6) is 0 Å². The van der Waals surface area contributed by atoms with Gasteiger partial charge in [-0.1, -0.05) is 42.5 Å². The first-order valence-corrected chi connectivity index (χ1v) is 8.80. The molecule has 27 heavy (non-hydrogen) atoms. The van der Waals surface area contributed by atoms with Gasteiger partial charge < -0.3 is 19.7 Å². The summed E-state index contributed by atoms with van der Waals surface area (Å²) in [4.78, 5) is 39.0. The molecule has 0 bridgehead atoms. The van der Waals surface area contributed by atoms with Gasteiger partial charge in [0.05, 0.1) is 7.11 Å². The minimum Gasteiger partial charge on any atom is -0.467 e. The Morgan fingerprint density at radius 1 is 1.19 bits per heavy atom. The van der Waals surface area contributed by atoms with Gasteiger partial charge >= 0.3 is 12.1 Å². The molecule has 2 atom stereocenters. The number of rotatable bonds is 4. The fourth-order valence-electron chi connectivity index (χ4n) is 2.80. The lowest BCUT2D eigenvalue weighted by Crippen LogP contribution is -2.51. The van der Waals surface area contributed by atoms with Gasteiger partial charge in [0.1, 0.15) is 11.6 Å². The summed E-state index contributed by atoms with van der Waals surface area (Å²) in [6.07, 6.45) is 3.25. The number of benzene rings is 1. The van der Waals surface area contributed by atoms with Crippen LogP contribution < -0.4 is 5.32 Å². The molecule has 2 amide bonds. The van der Waals surface area contributed by atoms with Crippen molar-refractivity contribution in [1.82, 2.24) is 10.2 Å². The number of hydrogen-bond donors (Lipinski definition) is 1. The van der Waals surface area contributed by atoms with Gasteiger partial charge in [-0.3, -0.25) is 4.79 Å². The molecule has 0 saturated heterocycles. The van der Waals surface area contributed by atoms with Crippen LogP contribution in [0.2, 0.25) is 0 Å². The van der Waals surface area contributed by atoms with Crippen molar-refractivity contribution in [3.8, 4) is 0 Å². The van der Waals surface area contributed by atoms with E-state index in [0.29, 0.717) is 12.0 Å². The van der Waals surface area contributed by atoms with Gasteiger partial charge in [-0.05, 0) is 32.8 Å². The summed E-state index contributed by atoms with van der Waals surface area (Å²) in [6.45, 7) is 5.48. The summed E-state index contributed by atoms with van der Waals surface area (Å²) in [5.41, 5.74) is -0.0320. The molecule has 7 heteroatoms. The molecular weight excluding hydrogens is 348 g/mol. The van der Waals surface area contributed by atoms with Crippen molar-refractivity contribution in [3.05, 3.63) is 48.0 Å². The van der Waals surface area contributed by atoms with Gasteiger partial charge in [0.25, 0.3) is 0 Å². The minimum atomic E-state index is -0.894. The zero-order valence-electron chi connectivity index (χ0n) is 16.1. The summed E-state index contributed by atoms with van der Waals surface area (Å²) in [6, 6.07) is 7.22. The summed E-state index contributed by atoms with van der Waals surface area (Å²) in [7, 11) is 1.28. The molecular formula is C20H26N2O5. The fourth-order valence-corrected chi connectivity index (χ4v) is 2.80. The maximum atomic E-state index is 13.1. The van der Waals surface area contributed by atoms with Gasteiger partial charge in [0, 0.05) is 6.54 Å². The van der Waals surface area contributed by atoms with E-state index in [2.05, 4.69) is 5.32 Å².